The van der Waals surface area contributed by atoms with Crippen molar-refractivity contribution < 1.29 is 9.85 Å². The fraction of sp³-hybridized carbons (Fsp3) is 0.538. The summed E-state index contributed by atoms with van der Waals surface area (Å²) in [5, 5.41) is 21.8. The minimum Gasteiger partial charge on any atom is -0.290 e. The van der Waals surface area contributed by atoms with Crippen LogP contribution in [0.15, 0.2) is 18.2 Å². The van der Waals surface area contributed by atoms with E-state index in [2.05, 4.69) is 4.90 Å². The number of fused-ring (bicyclic) bond motifs is 1. The topological polar surface area (TPSA) is 89.3 Å². The van der Waals surface area contributed by atoms with E-state index in [1.54, 1.807) is 0 Å². The Labute approximate surface area is 115 Å². The Hall–Kier alpha value is -2.02. The molecule has 1 aliphatic heterocycles. The van der Waals surface area contributed by atoms with Gasteiger partial charge in [-0.25, -0.2) is 0 Å². The minimum atomic E-state index is -0.603. The second kappa shape index (κ2) is 4.82. The molecule has 2 aliphatic rings. The fourth-order valence-electron chi connectivity index (χ4n) is 3.22. The van der Waals surface area contributed by atoms with Gasteiger partial charge in [0.15, 0.2) is 0 Å². The van der Waals surface area contributed by atoms with E-state index in [-0.39, 0.29) is 11.4 Å². The SMILES string of the molecule is O=[N+]([O-])c1ccc(CN2C3CCCCC32)c([N+](=O)[O-])c1. The molecule has 1 aromatic rings. The van der Waals surface area contributed by atoms with Crippen molar-refractivity contribution in [2.45, 2.75) is 44.3 Å². The first kappa shape index (κ1) is 13.0. The normalized spacial score (nSPS) is 27.7. The van der Waals surface area contributed by atoms with Gasteiger partial charge in [0.05, 0.1) is 15.9 Å². The Kier molecular flexibility index (Phi) is 3.13. The number of rotatable bonds is 4. The predicted molar refractivity (Wildman–Crippen MR) is 71.3 cm³/mol. The monoisotopic (exact) mass is 277 g/mol. The van der Waals surface area contributed by atoms with Gasteiger partial charge in [0.2, 0.25) is 0 Å². The van der Waals surface area contributed by atoms with Crippen LogP contribution in [0.5, 0.6) is 0 Å². The molecule has 1 saturated carbocycles. The molecule has 0 amide bonds. The maximum absolute atomic E-state index is 11.1. The number of hydrogen-bond acceptors (Lipinski definition) is 5. The predicted octanol–water partition coefficient (Wildman–Crippen LogP) is 2.63. The van der Waals surface area contributed by atoms with Crippen molar-refractivity contribution >= 4 is 11.4 Å². The fourth-order valence-corrected chi connectivity index (χ4v) is 3.22. The molecular formula is C13H15N3O4. The molecule has 106 valence electrons. The van der Waals surface area contributed by atoms with E-state index in [0.29, 0.717) is 24.2 Å². The van der Waals surface area contributed by atoms with Gasteiger partial charge in [0.25, 0.3) is 11.4 Å². The highest BCUT2D eigenvalue weighted by molar-refractivity contribution is 5.49. The van der Waals surface area contributed by atoms with Crippen LogP contribution in [0.4, 0.5) is 11.4 Å². The summed E-state index contributed by atoms with van der Waals surface area (Å²) in [6.45, 7) is 0.518. The summed E-state index contributed by atoms with van der Waals surface area (Å²) < 4.78 is 0. The summed E-state index contributed by atoms with van der Waals surface area (Å²) in [7, 11) is 0. The molecule has 0 aromatic heterocycles. The third-order valence-corrected chi connectivity index (χ3v) is 4.29. The van der Waals surface area contributed by atoms with Gasteiger partial charge in [-0.2, -0.15) is 0 Å². The third-order valence-electron chi connectivity index (χ3n) is 4.29. The van der Waals surface area contributed by atoms with Gasteiger partial charge in [0, 0.05) is 30.3 Å². The van der Waals surface area contributed by atoms with E-state index in [9.17, 15) is 20.2 Å². The Morgan fingerprint density at radius 2 is 1.75 bits per heavy atom. The van der Waals surface area contributed by atoms with Crippen LogP contribution >= 0.6 is 0 Å². The average Bonchev–Trinajstić information content (AvgIpc) is 3.12. The molecule has 7 nitrogen and oxygen atoms in total. The summed E-state index contributed by atoms with van der Waals surface area (Å²) >= 11 is 0. The molecule has 2 fully saturated rings. The zero-order chi connectivity index (χ0) is 14.3. The summed E-state index contributed by atoms with van der Waals surface area (Å²) in [4.78, 5) is 22.9. The maximum atomic E-state index is 11.1. The first-order chi connectivity index (χ1) is 9.58. The van der Waals surface area contributed by atoms with Crippen molar-refractivity contribution in [3.05, 3.63) is 44.0 Å². The first-order valence-corrected chi connectivity index (χ1v) is 6.75. The van der Waals surface area contributed by atoms with Crippen molar-refractivity contribution in [1.82, 2.24) is 4.90 Å². The Morgan fingerprint density at radius 1 is 1.10 bits per heavy atom. The lowest BCUT2D eigenvalue weighted by atomic mass is 10.0. The van der Waals surface area contributed by atoms with Crippen LogP contribution in [0.2, 0.25) is 0 Å². The molecule has 3 rings (SSSR count). The molecule has 0 spiro atoms. The van der Waals surface area contributed by atoms with Gasteiger partial charge >= 0.3 is 0 Å². The lowest BCUT2D eigenvalue weighted by Crippen LogP contribution is -2.06. The van der Waals surface area contributed by atoms with Crippen LogP contribution in [-0.4, -0.2) is 26.8 Å². The van der Waals surface area contributed by atoms with E-state index < -0.39 is 9.85 Å². The van der Waals surface area contributed by atoms with Crippen LogP contribution in [0.1, 0.15) is 31.2 Å². The number of non-ortho nitro benzene ring substituents is 1. The van der Waals surface area contributed by atoms with Crippen LogP contribution in [-0.2, 0) is 6.54 Å². The van der Waals surface area contributed by atoms with Gasteiger partial charge in [-0.3, -0.25) is 25.1 Å². The third kappa shape index (κ3) is 2.24. The molecule has 2 atom stereocenters. The van der Waals surface area contributed by atoms with Crippen molar-refractivity contribution in [3.63, 3.8) is 0 Å². The molecule has 2 unspecified atom stereocenters. The molecule has 7 heteroatoms. The second-order valence-electron chi connectivity index (χ2n) is 5.42. The van der Waals surface area contributed by atoms with Crippen molar-refractivity contribution in [2.24, 2.45) is 0 Å². The molecule has 1 heterocycles. The van der Waals surface area contributed by atoms with Crippen LogP contribution < -0.4 is 0 Å². The molecule has 0 bridgehead atoms. The van der Waals surface area contributed by atoms with Crippen molar-refractivity contribution in [2.75, 3.05) is 0 Å². The number of likely N-dealkylation sites (tertiary alicyclic amines) is 1. The molecule has 1 aliphatic carbocycles. The van der Waals surface area contributed by atoms with E-state index in [1.807, 2.05) is 0 Å². The molecule has 0 radical (unpaired) electrons. The zero-order valence-electron chi connectivity index (χ0n) is 10.9. The Bertz CT molecular complexity index is 563. The van der Waals surface area contributed by atoms with Gasteiger partial charge in [-0.1, -0.05) is 12.8 Å². The quantitative estimate of drug-likeness (QED) is 0.479. The number of benzene rings is 1. The highest BCUT2D eigenvalue weighted by Crippen LogP contribution is 2.42. The second-order valence-corrected chi connectivity index (χ2v) is 5.42. The standard InChI is InChI=1S/C13H15N3O4/c17-15(18)10-6-5-9(13(7-10)16(19)20)8-14-11-3-1-2-4-12(11)14/h5-7,11-12H,1-4,8H2. The van der Waals surface area contributed by atoms with Crippen LogP contribution in [0.3, 0.4) is 0 Å². The number of nitro benzene ring substituents is 2. The van der Waals surface area contributed by atoms with Gasteiger partial charge in [0.1, 0.15) is 0 Å². The average molecular weight is 277 g/mol. The van der Waals surface area contributed by atoms with Gasteiger partial charge in [-0.05, 0) is 18.9 Å². The van der Waals surface area contributed by atoms with E-state index in [0.717, 1.165) is 18.9 Å². The molecule has 1 aromatic carbocycles. The molecule has 0 N–H and O–H groups in total. The van der Waals surface area contributed by atoms with E-state index in [4.69, 9.17) is 0 Å². The highest BCUT2D eigenvalue weighted by Gasteiger charge is 2.48. The molecule has 1 saturated heterocycles. The van der Waals surface area contributed by atoms with Gasteiger partial charge in [-0.15, -0.1) is 0 Å². The first-order valence-electron chi connectivity index (χ1n) is 6.75. The van der Waals surface area contributed by atoms with E-state index >= 15 is 0 Å². The van der Waals surface area contributed by atoms with Gasteiger partial charge < -0.3 is 0 Å². The minimum absolute atomic E-state index is 0.150. The molecule has 20 heavy (non-hydrogen) atoms. The Balaban J connectivity index is 1.82. The van der Waals surface area contributed by atoms with Crippen LogP contribution in [0, 0.1) is 20.2 Å². The number of nitro groups is 2. The van der Waals surface area contributed by atoms with Crippen LogP contribution in [0.25, 0.3) is 0 Å². The largest absolute Gasteiger partial charge is 0.290 e. The lowest BCUT2D eigenvalue weighted by molar-refractivity contribution is -0.394. The smallest absolute Gasteiger partial charge is 0.280 e. The molecular weight excluding hydrogens is 262 g/mol. The summed E-state index contributed by atoms with van der Waals surface area (Å²) in [6, 6.07) is 5.02. The zero-order valence-corrected chi connectivity index (χ0v) is 10.9. The highest BCUT2D eigenvalue weighted by atomic mass is 16.6. The maximum Gasteiger partial charge on any atom is 0.280 e. The lowest BCUT2D eigenvalue weighted by Gasteiger charge is -2.05. The van der Waals surface area contributed by atoms with Crippen molar-refractivity contribution in [3.8, 4) is 0 Å². The summed E-state index contributed by atoms with van der Waals surface area (Å²) in [5.41, 5.74) is 0.182. The number of nitrogens with zero attached hydrogens (tertiary/aromatic N) is 3. The summed E-state index contributed by atoms with van der Waals surface area (Å²) in [6.07, 6.45) is 4.76. The van der Waals surface area contributed by atoms with Crippen molar-refractivity contribution in [1.29, 1.82) is 0 Å². The Morgan fingerprint density at radius 3 is 2.30 bits per heavy atom. The van der Waals surface area contributed by atoms with E-state index in [1.165, 1.54) is 25.0 Å². The number of hydrogen-bond donors (Lipinski definition) is 0. The summed E-state index contributed by atoms with van der Waals surface area (Å²) in [5.74, 6) is 0.